The molecule has 2 aromatic rings. The van der Waals surface area contributed by atoms with Gasteiger partial charge in [-0.3, -0.25) is 5.10 Å². The van der Waals surface area contributed by atoms with Crippen molar-refractivity contribution in [2.45, 2.75) is 38.6 Å². The van der Waals surface area contributed by atoms with Gasteiger partial charge in [-0.25, -0.2) is 0 Å². The van der Waals surface area contributed by atoms with Gasteiger partial charge in [0.25, 0.3) is 0 Å². The Bertz CT molecular complexity index is 554. The summed E-state index contributed by atoms with van der Waals surface area (Å²) in [6.07, 6.45) is 10.9. The van der Waals surface area contributed by atoms with E-state index in [1.54, 1.807) is 16.9 Å². The van der Waals surface area contributed by atoms with Crippen LogP contribution in [0, 0.1) is 0 Å². The van der Waals surface area contributed by atoms with E-state index in [1.807, 2.05) is 6.20 Å². The molecular formula is C16H21N3S. The maximum Gasteiger partial charge on any atom is 0.0794 e. The van der Waals surface area contributed by atoms with Crippen LogP contribution in [0.25, 0.3) is 10.6 Å². The minimum atomic E-state index is 0.886. The van der Waals surface area contributed by atoms with Crippen LogP contribution < -0.4 is 5.32 Å². The second-order valence-corrected chi connectivity index (χ2v) is 6.23. The highest BCUT2D eigenvalue weighted by atomic mass is 32.1. The zero-order valence-electron chi connectivity index (χ0n) is 11.7. The Morgan fingerprint density at radius 1 is 1.35 bits per heavy atom. The zero-order valence-corrected chi connectivity index (χ0v) is 12.5. The number of aromatic amines is 1. The quantitative estimate of drug-likeness (QED) is 0.620. The predicted molar refractivity (Wildman–Crippen MR) is 84.8 cm³/mol. The molecule has 0 fully saturated rings. The molecule has 0 atom stereocenters. The van der Waals surface area contributed by atoms with Gasteiger partial charge in [-0.05, 0) is 50.1 Å². The van der Waals surface area contributed by atoms with Gasteiger partial charge in [0.2, 0.25) is 0 Å². The first-order valence-electron chi connectivity index (χ1n) is 7.38. The molecule has 2 aromatic heterocycles. The van der Waals surface area contributed by atoms with Crippen LogP contribution in [0.3, 0.4) is 0 Å². The third kappa shape index (κ3) is 3.38. The summed E-state index contributed by atoms with van der Waals surface area (Å²) >= 11 is 1.75. The Morgan fingerprint density at radius 2 is 2.35 bits per heavy atom. The smallest absolute Gasteiger partial charge is 0.0794 e. The molecule has 0 spiro atoms. The van der Waals surface area contributed by atoms with Crippen LogP contribution in [-0.2, 0) is 6.54 Å². The van der Waals surface area contributed by atoms with Crippen molar-refractivity contribution in [3.63, 3.8) is 0 Å². The first kappa shape index (κ1) is 13.6. The Balaban J connectivity index is 1.49. The molecule has 2 heterocycles. The van der Waals surface area contributed by atoms with Gasteiger partial charge in [-0.2, -0.15) is 5.10 Å². The van der Waals surface area contributed by atoms with E-state index in [4.69, 9.17) is 0 Å². The molecule has 0 saturated carbocycles. The first-order chi connectivity index (χ1) is 9.93. The van der Waals surface area contributed by atoms with Crippen molar-refractivity contribution < 1.29 is 0 Å². The number of allylic oxidation sites excluding steroid dienone is 1. The number of nitrogens with one attached hydrogen (secondary N) is 2. The summed E-state index contributed by atoms with van der Waals surface area (Å²) in [5.41, 5.74) is 4.05. The van der Waals surface area contributed by atoms with Gasteiger partial charge in [-0.15, -0.1) is 11.3 Å². The molecule has 2 N–H and O–H groups in total. The van der Waals surface area contributed by atoms with Crippen molar-refractivity contribution in [2.24, 2.45) is 0 Å². The largest absolute Gasteiger partial charge is 0.312 e. The molecule has 0 amide bonds. The molecular weight excluding hydrogens is 266 g/mol. The number of aromatic nitrogens is 2. The van der Waals surface area contributed by atoms with Crippen LogP contribution in [0.15, 0.2) is 35.4 Å². The number of thiophene rings is 1. The van der Waals surface area contributed by atoms with Crippen LogP contribution in [0.1, 0.15) is 37.7 Å². The van der Waals surface area contributed by atoms with Crippen molar-refractivity contribution in [1.29, 1.82) is 0 Å². The average Bonchev–Trinajstić information content (AvgIpc) is 3.15. The number of H-pyrrole nitrogens is 1. The summed E-state index contributed by atoms with van der Waals surface area (Å²) < 4.78 is 0. The van der Waals surface area contributed by atoms with E-state index in [1.165, 1.54) is 42.5 Å². The van der Waals surface area contributed by atoms with E-state index in [2.05, 4.69) is 39.1 Å². The summed E-state index contributed by atoms with van der Waals surface area (Å²) in [5.74, 6) is 0. The number of hydrogen-bond donors (Lipinski definition) is 2. The van der Waals surface area contributed by atoms with E-state index in [9.17, 15) is 0 Å². The van der Waals surface area contributed by atoms with Gasteiger partial charge in [0.1, 0.15) is 0 Å². The standard InChI is InChI=1S/C16H21N3S/c1-2-5-13(6-3-1)8-9-17-11-14-12-18-19-16(14)15-7-4-10-20-15/h4-5,7,10,12,17H,1-3,6,8-9,11H2,(H,18,19). The molecule has 1 aliphatic rings. The topological polar surface area (TPSA) is 40.7 Å². The van der Waals surface area contributed by atoms with E-state index < -0.39 is 0 Å². The lowest BCUT2D eigenvalue weighted by molar-refractivity contribution is 0.633. The fourth-order valence-corrected chi connectivity index (χ4v) is 3.44. The highest BCUT2D eigenvalue weighted by Crippen LogP contribution is 2.25. The minimum Gasteiger partial charge on any atom is -0.312 e. The Kier molecular flexibility index (Phi) is 4.66. The highest BCUT2D eigenvalue weighted by Gasteiger charge is 2.08. The van der Waals surface area contributed by atoms with Crippen LogP contribution in [0.2, 0.25) is 0 Å². The summed E-state index contributed by atoms with van der Waals surface area (Å²) in [4.78, 5) is 1.26. The fourth-order valence-electron chi connectivity index (χ4n) is 2.68. The zero-order chi connectivity index (χ0) is 13.6. The van der Waals surface area contributed by atoms with Gasteiger partial charge in [0.15, 0.2) is 0 Å². The Hall–Kier alpha value is -1.39. The summed E-state index contributed by atoms with van der Waals surface area (Å²) in [7, 11) is 0. The third-order valence-corrected chi connectivity index (χ3v) is 4.70. The van der Waals surface area contributed by atoms with E-state index in [0.717, 1.165) is 18.8 Å². The average molecular weight is 287 g/mol. The molecule has 0 radical (unpaired) electrons. The molecule has 0 aromatic carbocycles. The molecule has 4 heteroatoms. The Morgan fingerprint density at radius 3 is 3.15 bits per heavy atom. The van der Waals surface area contributed by atoms with Crippen molar-refractivity contribution >= 4 is 11.3 Å². The van der Waals surface area contributed by atoms with Gasteiger partial charge < -0.3 is 5.32 Å². The van der Waals surface area contributed by atoms with Gasteiger partial charge in [0.05, 0.1) is 16.8 Å². The van der Waals surface area contributed by atoms with Crippen LogP contribution in [-0.4, -0.2) is 16.7 Å². The number of nitrogens with zero attached hydrogens (tertiary/aromatic N) is 1. The second-order valence-electron chi connectivity index (χ2n) is 5.28. The van der Waals surface area contributed by atoms with Crippen LogP contribution >= 0.6 is 11.3 Å². The van der Waals surface area contributed by atoms with E-state index in [-0.39, 0.29) is 0 Å². The second kappa shape index (κ2) is 6.86. The van der Waals surface area contributed by atoms with Crippen molar-refractivity contribution in [3.05, 3.63) is 40.9 Å². The lowest BCUT2D eigenvalue weighted by atomic mass is 9.97. The van der Waals surface area contributed by atoms with E-state index >= 15 is 0 Å². The van der Waals surface area contributed by atoms with Crippen molar-refractivity contribution in [1.82, 2.24) is 15.5 Å². The molecule has 0 unspecified atom stereocenters. The third-order valence-electron chi connectivity index (χ3n) is 3.81. The molecule has 1 aliphatic carbocycles. The lowest BCUT2D eigenvalue weighted by Gasteiger charge is -2.12. The van der Waals surface area contributed by atoms with Crippen LogP contribution in [0.5, 0.6) is 0 Å². The fraction of sp³-hybridized carbons (Fsp3) is 0.438. The maximum absolute atomic E-state index is 4.18. The maximum atomic E-state index is 4.18. The van der Waals surface area contributed by atoms with Gasteiger partial charge in [0, 0.05) is 12.1 Å². The Labute approximate surface area is 124 Å². The summed E-state index contributed by atoms with van der Waals surface area (Å²) in [6, 6.07) is 4.21. The molecule has 0 bridgehead atoms. The summed E-state index contributed by atoms with van der Waals surface area (Å²) in [6.45, 7) is 1.94. The SMILES string of the molecule is C1=C(CCNCc2cn[nH]c2-c2cccs2)CCCC1. The monoisotopic (exact) mass is 287 g/mol. The number of rotatable bonds is 6. The minimum absolute atomic E-state index is 0.886. The molecule has 20 heavy (non-hydrogen) atoms. The first-order valence-corrected chi connectivity index (χ1v) is 8.26. The van der Waals surface area contributed by atoms with Gasteiger partial charge in [-0.1, -0.05) is 17.7 Å². The normalized spacial score (nSPS) is 15.3. The van der Waals surface area contributed by atoms with E-state index in [0.29, 0.717) is 0 Å². The lowest BCUT2D eigenvalue weighted by Crippen LogP contribution is -2.15. The molecule has 0 saturated heterocycles. The predicted octanol–water partition coefficient (Wildman–Crippen LogP) is 4.12. The summed E-state index contributed by atoms with van der Waals surface area (Å²) in [5, 5.41) is 12.9. The highest BCUT2D eigenvalue weighted by molar-refractivity contribution is 7.13. The molecule has 3 rings (SSSR count). The van der Waals surface area contributed by atoms with Crippen LogP contribution in [0.4, 0.5) is 0 Å². The number of hydrogen-bond acceptors (Lipinski definition) is 3. The van der Waals surface area contributed by atoms with Crippen molar-refractivity contribution in [3.8, 4) is 10.6 Å². The van der Waals surface area contributed by atoms with Crippen molar-refractivity contribution in [2.75, 3.05) is 6.54 Å². The molecule has 106 valence electrons. The van der Waals surface area contributed by atoms with Gasteiger partial charge >= 0.3 is 0 Å². The molecule has 0 aliphatic heterocycles. The molecule has 3 nitrogen and oxygen atoms in total.